The number of anilines is 2. The molecule has 1 N–H and O–H groups in total. The van der Waals surface area contributed by atoms with E-state index in [9.17, 15) is 9.90 Å². The molecule has 1 aliphatic heterocycles. The van der Waals surface area contributed by atoms with E-state index in [-0.39, 0.29) is 0 Å². The predicted molar refractivity (Wildman–Crippen MR) is 96.2 cm³/mol. The Balaban J connectivity index is 1.82. The highest BCUT2D eigenvalue weighted by molar-refractivity contribution is 5.90. The molecule has 1 aromatic carbocycles. The van der Waals surface area contributed by atoms with Gasteiger partial charge in [0.05, 0.1) is 11.4 Å². The van der Waals surface area contributed by atoms with E-state index < -0.39 is 12.1 Å². The van der Waals surface area contributed by atoms with Crippen molar-refractivity contribution in [1.29, 1.82) is 0 Å². The molecule has 0 saturated carbocycles. The summed E-state index contributed by atoms with van der Waals surface area (Å²) in [4.78, 5) is 15.5. The van der Waals surface area contributed by atoms with Gasteiger partial charge >= 0.3 is 5.97 Å². The Morgan fingerprint density at radius 2 is 1.57 bits per heavy atom. The Morgan fingerprint density at radius 3 is 2.17 bits per heavy atom. The first-order valence-corrected chi connectivity index (χ1v) is 8.98. The van der Waals surface area contributed by atoms with Crippen LogP contribution in [0.1, 0.15) is 58.3 Å². The second kappa shape index (κ2) is 8.80. The number of unbranched alkanes of at least 4 members (excludes halogenated alkanes) is 7. The van der Waals surface area contributed by atoms with E-state index >= 15 is 0 Å². The molecule has 0 saturated heterocycles. The van der Waals surface area contributed by atoms with Gasteiger partial charge in [-0.25, -0.2) is 4.79 Å². The third-order valence-electron chi connectivity index (χ3n) is 4.71. The third-order valence-corrected chi connectivity index (χ3v) is 4.71. The first-order chi connectivity index (χ1) is 11.2. The summed E-state index contributed by atoms with van der Waals surface area (Å²) in [6, 6.07) is 7.98. The molecule has 0 aliphatic carbocycles. The number of rotatable bonds is 10. The van der Waals surface area contributed by atoms with Gasteiger partial charge in [0.25, 0.3) is 0 Å². The summed E-state index contributed by atoms with van der Waals surface area (Å²) in [7, 11) is 1.87. The number of nitrogens with zero attached hydrogens (tertiary/aromatic N) is 2. The molecular weight excluding hydrogens is 288 g/mol. The van der Waals surface area contributed by atoms with Crippen molar-refractivity contribution >= 4 is 17.3 Å². The maximum atomic E-state index is 11.6. The normalized spacial score (nSPS) is 16.7. The minimum atomic E-state index is -0.775. The molecule has 4 nitrogen and oxygen atoms in total. The standard InChI is InChI=1S/C19H30N2O2/c1-3-4-5-6-7-8-9-12-15-21-17-14-11-10-13-16(17)20(2)18(21)19(22)23/h10-11,13-14,18H,3-9,12,15H2,1-2H3,(H,22,23). The van der Waals surface area contributed by atoms with E-state index in [1.54, 1.807) is 0 Å². The molecule has 0 fully saturated rings. The zero-order chi connectivity index (χ0) is 16.7. The van der Waals surface area contributed by atoms with Gasteiger partial charge in [-0.15, -0.1) is 0 Å². The average Bonchev–Trinajstić information content (AvgIpc) is 2.83. The number of carboxylic acid groups (broad SMARTS) is 1. The minimum absolute atomic E-state index is 0.572. The lowest BCUT2D eigenvalue weighted by atomic mass is 10.1. The van der Waals surface area contributed by atoms with E-state index in [1.807, 2.05) is 41.1 Å². The highest BCUT2D eigenvalue weighted by Crippen LogP contribution is 2.38. The van der Waals surface area contributed by atoms with Crippen LogP contribution in [-0.4, -0.2) is 30.8 Å². The number of fused-ring (bicyclic) bond motifs is 1. The lowest BCUT2D eigenvalue weighted by molar-refractivity contribution is -0.138. The van der Waals surface area contributed by atoms with Crippen molar-refractivity contribution in [3.05, 3.63) is 24.3 Å². The number of likely N-dealkylation sites (N-methyl/N-ethyl adjacent to an activating group) is 1. The monoisotopic (exact) mass is 318 g/mol. The molecule has 0 aromatic heterocycles. The summed E-state index contributed by atoms with van der Waals surface area (Å²) < 4.78 is 0. The molecule has 1 heterocycles. The molecule has 0 radical (unpaired) electrons. The highest BCUT2D eigenvalue weighted by Gasteiger charge is 2.37. The van der Waals surface area contributed by atoms with Crippen LogP contribution in [0.5, 0.6) is 0 Å². The van der Waals surface area contributed by atoms with Crippen molar-refractivity contribution in [2.75, 3.05) is 23.4 Å². The van der Waals surface area contributed by atoms with E-state index in [1.165, 1.54) is 44.9 Å². The first kappa shape index (κ1) is 17.6. The van der Waals surface area contributed by atoms with Gasteiger partial charge in [-0.2, -0.15) is 0 Å². The highest BCUT2D eigenvalue weighted by atomic mass is 16.4. The molecule has 128 valence electrons. The van der Waals surface area contributed by atoms with Gasteiger partial charge in [0, 0.05) is 13.6 Å². The molecule has 2 rings (SSSR count). The fraction of sp³-hybridized carbons (Fsp3) is 0.632. The Morgan fingerprint density at radius 1 is 1.00 bits per heavy atom. The van der Waals surface area contributed by atoms with Gasteiger partial charge in [0.2, 0.25) is 6.17 Å². The minimum Gasteiger partial charge on any atom is -0.478 e. The zero-order valence-corrected chi connectivity index (χ0v) is 14.5. The maximum Gasteiger partial charge on any atom is 0.347 e. The molecule has 1 unspecified atom stereocenters. The van der Waals surface area contributed by atoms with Crippen LogP contribution in [0.4, 0.5) is 11.4 Å². The molecule has 1 atom stereocenters. The number of aliphatic carboxylic acids is 1. The lowest BCUT2D eigenvalue weighted by Gasteiger charge is -2.27. The second-order valence-corrected chi connectivity index (χ2v) is 6.48. The van der Waals surface area contributed by atoms with Gasteiger partial charge in [-0.05, 0) is 18.6 Å². The predicted octanol–water partition coefficient (Wildman–Crippen LogP) is 4.49. The topological polar surface area (TPSA) is 43.8 Å². The van der Waals surface area contributed by atoms with Crippen molar-refractivity contribution in [3.8, 4) is 0 Å². The number of hydrogen-bond acceptors (Lipinski definition) is 3. The number of carbonyl (C=O) groups is 1. The van der Waals surface area contributed by atoms with Crippen molar-refractivity contribution in [2.45, 2.75) is 64.5 Å². The van der Waals surface area contributed by atoms with Crippen molar-refractivity contribution in [3.63, 3.8) is 0 Å². The van der Waals surface area contributed by atoms with Crippen molar-refractivity contribution in [1.82, 2.24) is 0 Å². The van der Waals surface area contributed by atoms with E-state index in [2.05, 4.69) is 6.92 Å². The number of carboxylic acids is 1. The summed E-state index contributed by atoms with van der Waals surface area (Å²) in [5.74, 6) is -0.775. The third kappa shape index (κ3) is 4.40. The number of para-hydroxylation sites is 2. The van der Waals surface area contributed by atoms with Gasteiger partial charge in [-0.1, -0.05) is 64.0 Å². The molecule has 1 aromatic rings. The smallest absolute Gasteiger partial charge is 0.347 e. The van der Waals surface area contributed by atoms with Gasteiger partial charge in [0.15, 0.2) is 0 Å². The average molecular weight is 318 g/mol. The van der Waals surface area contributed by atoms with Crippen LogP contribution in [-0.2, 0) is 4.79 Å². The Kier molecular flexibility index (Phi) is 6.75. The summed E-state index contributed by atoms with van der Waals surface area (Å²) in [5, 5.41) is 9.57. The van der Waals surface area contributed by atoms with Crippen LogP contribution in [0.15, 0.2) is 24.3 Å². The summed E-state index contributed by atoms with van der Waals surface area (Å²) in [6.45, 7) is 3.05. The fourth-order valence-corrected chi connectivity index (χ4v) is 3.44. The largest absolute Gasteiger partial charge is 0.478 e. The summed E-state index contributed by atoms with van der Waals surface area (Å²) in [6.07, 6.45) is 9.54. The van der Waals surface area contributed by atoms with E-state index in [0.717, 1.165) is 24.3 Å². The summed E-state index contributed by atoms with van der Waals surface area (Å²) >= 11 is 0. The molecule has 0 spiro atoms. The quantitative estimate of drug-likeness (QED) is 0.645. The molecule has 4 heteroatoms. The van der Waals surface area contributed by atoms with Gasteiger partial charge < -0.3 is 14.9 Å². The second-order valence-electron chi connectivity index (χ2n) is 6.48. The molecule has 23 heavy (non-hydrogen) atoms. The Labute approximate surface area is 140 Å². The fourth-order valence-electron chi connectivity index (χ4n) is 3.44. The van der Waals surface area contributed by atoms with Crippen molar-refractivity contribution in [2.24, 2.45) is 0 Å². The van der Waals surface area contributed by atoms with Crippen LogP contribution in [0.3, 0.4) is 0 Å². The Bertz CT molecular complexity index is 504. The van der Waals surface area contributed by atoms with E-state index in [4.69, 9.17) is 0 Å². The number of hydrogen-bond donors (Lipinski definition) is 1. The zero-order valence-electron chi connectivity index (χ0n) is 14.5. The van der Waals surface area contributed by atoms with Gasteiger partial charge in [0.1, 0.15) is 0 Å². The van der Waals surface area contributed by atoms with Crippen LogP contribution in [0.2, 0.25) is 0 Å². The number of benzene rings is 1. The Hall–Kier alpha value is -1.71. The maximum absolute atomic E-state index is 11.6. The lowest BCUT2D eigenvalue weighted by Crippen LogP contribution is -2.47. The van der Waals surface area contributed by atoms with Gasteiger partial charge in [-0.3, -0.25) is 0 Å². The van der Waals surface area contributed by atoms with Crippen LogP contribution in [0, 0.1) is 0 Å². The van der Waals surface area contributed by atoms with Crippen LogP contribution in [0.25, 0.3) is 0 Å². The van der Waals surface area contributed by atoms with Crippen LogP contribution >= 0.6 is 0 Å². The summed E-state index contributed by atoms with van der Waals surface area (Å²) in [5.41, 5.74) is 2.06. The van der Waals surface area contributed by atoms with Crippen LogP contribution < -0.4 is 9.80 Å². The molecule has 0 bridgehead atoms. The van der Waals surface area contributed by atoms with E-state index in [0.29, 0.717) is 0 Å². The SMILES string of the molecule is CCCCCCCCCCN1c2ccccc2N(C)C1C(=O)O. The molecule has 1 aliphatic rings. The van der Waals surface area contributed by atoms with Crippen molar-refractivity contribution < 1.29 is 9.90 Å². The first-order valence-electron chi connectivity index (χ1n) is 8.98. The molecule has 0 amide bonds. The molecular formula is C19H30N2O2.